The van der Waals surface area contributed by atoms with E-state index in [1.165, 1.54) is 0 Å². The summed E-state index contributed by atoms with van der Waals surface area (Å²) in [6.07, 6.45) is 6.98. The first-order valence-electron chi connectivity index (χ1n) is 6.28. The zero-order valence-electron chi connectivity index (χ0n) is 10.6. The number of carbonyl (C=O) groups is 1. The van der Waals surface area contributed by atoms with Crippen LogP contribution < -0.4 is 5.73 Å². The maximum Gasteiger partial charge on any atom is 0.404 e. The molecule has 6 nitrogen and oxygen atoms in total. The van der Waals surface area contributed by atoms with Crippen molar-refractivity contribution in [3.63, 3.8) is 0 Å². The van der Waals surface area contributed by atoms with Gasteiger partial charge < -0.3 is 15.5 Å². The highest BCUT2D eigenvalue weighted by Crippen LogP contribution is 2.32. The van der Waals surface area contributed by atoms with Gasteiger partial charge in [-0.25, -0.2) is 14.8 Å². The second-order valence-electron chi connectivity index (χ2n) is 4.65. The molecule has 0 fully saturated rings. The molecule has 1 aliphatic rings. The van der Waals surface area contributed by atoms with Crippen molar-refractivity contribution in [2.75, 3.05) is 0 Å². The Morgan fingerprint density at radius 3 is 3.15 bits per heavy atom. The number of nitrogens with zero attached hydrogens (tertiary/aromatic N) is 2. The topological polar surface area (TPSA) is 93.9 Å². The van der Waals surface area contributed by atoms with E-state index < -0.39 is 6.09 Å². The molecule has 3 N–H and O–H groups in total. The number of aromatic amines is 1. The number of fused-ring (bicyclic) bond motifs is 1. The number of primary amides is 1. The third-order valence-electron chi connectivity index (χ3n) is 3.34. The van der Waals surface area contributed by atoms with E-state index in [2.05, 4.69) is 43.6 Å². The molecule has 0 bridgehead atoms. The van der Waals surface area contributed by atoms with Crippen LogP contribution in [0.2, 0.25) is 0 Å². The Kier molecular flexibility index (Phi) is 3.60. The quantitative estimate of drug-likeness (QED) is 0.779. The Balaban J connectivity index is 1.97. The lowest BCUT2D eigenvalue weighted by molar-refractivity contribution is 0.102. The van der Waals surface area contributed by atoms with Gasteiger partial charge in [-0.05, 0) is 41.0 Å². The van der Waals surface area contributed by atoms with Crippen LogP contribution in [-0.4, -0.2) is 27.1 Å². The van der Waals surface area contributed by atoms with Gasteiger partial charge in [-0.1, -0.05) is 6.08 Å². The number of nitrogens with one attached hydrogen (secondary N) is 1. The molecule has 1 amide bonds. The Morgan fingerprint density at radius 1 is 1.50 bits per heavy atom. The molecular formula is C13H13IN4O2. The van der Waals surface area contributed by atoms with Gasteiger partial charge in [-0.2, -0.15) is 0 Å². The summed E-state index contributed by atoms with van der Waals surface area (Å²) < 4.78 is 6.19. The molecule has 2 aromatic heterocycles. The van der Waals surface area contributed by atoms with E-state index in [1.807, 2.05) is 6.20 Å². The molecule has 1 aliphatic carbocycles. The zero-order valence-corrected chi connectivity index (χ0v) is 12.8. The normalized spacial score (nSPS) is 18.9. The van der Waals surface area contributed by atoms with Gasteiger partial charge in [0.1, 0.15) is 18.1 Å². The number of aromatic nitrogens is 3. The largest absolute Gasteiger partial charge is 0.446 e. The van der Waals surface area contributed by atoms with Gasteiger partial charge in [0, 0.05) is 16.2 Å². The van der Waals surface area contributed by atoms with E-state index in [4.69, 9.17) is 10.5 Å². The first kappa shape index (κ1) is 13.3. The van der Waals surface area contributed by atoms with Crippen LogP contribution in [0.1, 0.15) is 25.0 Å². The van der Waals surface area contributed by atoms with Gasteiger partial charge in [0.05, 0.1) is 11.1 Å². The fraction of sp³-hybridized carbons (Fsp3) is 0.308. The van der Waals surface area contributed by atoms with Gasteiger partial charge in [0.25, 0.3) is 0 Å². The highest BCUT2D eigenvalue weighted by molar-refractivity contribution is 14.1. The number of amides is 1. The molecular weight excluding hydrogens is 371 g/mol. The molecule has 0 saturated heterocycles. The first-order chi connectivity index (χ1) is 9.65. The summed E-state index contributed by atoms with van der Waals surface area (Å²) in [5.74, 6) is 0. The number of allylic oxidation sites excluding steroid dienone is 1. The van der Waals surface area contributed by atoms with Gasteiger partial charge in [-0.15, -0.1) is 0 Å². The summed E-state index contributed by atoms with van der Waals surface area (Å²) in [5, 5.41) is 1.01. The number of carbonyl (C=O) groups excluding carboxylic acids is 1. The standard InChI is InChI=1S/C13H13IN4O2/c14-9-5-16-12-10(9)11(17-6-18-12)7-2-1-3-8(4-7)20-13(15)19/h2,5-6,8H,1,3-4H2,(H2,15,19)(H,16,17,18). The summed E-state index contributed by atoms with van der Waals surface area (Å²) in [5.41, 5.74) is 7.89. The molecule has 0 spiro atoms. The Hall–Kier alpha value is -1.64. The van der Waals surface area contributed by atoms with E-state index in [1.54, 1.807) is 6.33 Å². The molecule has 20 heavy (non-hydrogen) atoms. The molecule has 1 atom stereocenters. The van der Waals surface area contributed by atoms with Crippen molar-refractivity contribution in [1.29, 1.82) is 0 Å². The van der Waals surface area contributed by atoms with Crippen molar-refractivity contribution >= 4 is 45.3 Å². The average molecular weight is 384 g/mol. The maximum absolute atomic E-state index is 10.9. The number of hydrogen-bond donors (Lipinski definition) is 2. The number of H-pyrrole nitrogens is 1. The molecule has 0 saturated carbocycles. The minimum atomic E-state index is -0.722. The smallest absolute Gasteiger partial charge is 0.404 e. The number of nitrogens with two attached hydrogens (primary N) is 1. The number of ether oxygens (including phenoxy) is 1. The monoisotopic (exact) mass is 384 g/mol. The third kappa shape index (κ3) is 2.49. The second kappa shape index (κ2) is 5.39. The molecule has 2 aromatic rings. The lowest BCUT2D eigenvalue weighted by atomic mass is 9.93. The highest BCUT2D eigenvalue weighted by Gasteiger charge is 2.22. The molecule has 104 valence electrons. The van der Waals surface area contributed by atoms with Gasteiger partial charge >= 0.3 is 6.09 Å². The Morgan fingerprint density at radius 2 is 2.35 bits per heavy atom. The van der Waals surface area contributed by atoms with Crippen LogP contribution in [0.25, 0.3) is 16.6 Å². The second-order valence-corrected chi connectivity index (χ2v) is 5.81. The van der Waals surface area contributed by atoms with E-state index in [0.717, 1.165) is 38.7 Å². The average Bonchev–Trinajstić information content (AvgIpc) is 2.80. The van der Waals surface area contributed by atoms with Crippen LogP contribution in [-0.2, 0) is 4.74 Å². The maximum atomic E-state index is 10.9. The Labute approximate surface area is 128 Å². The van der Waals surface area contributed by atoms with Crippen molar-refractivity contribution in [2.45, 2.75) is 25.4 Å². The fourth-order valence-electron chi connectivity index (χ4n) is 2.50. The van der Waals surface area contributed by atoms with E-state index in [-0.39, 0.29) is 6.10 Å². The SMILES string of the molecule is NC(=O)OC1CCC=C(c2ncnc3[nH]cc(I)c23)C1. The predicted molar refractivity (Wildman–Crippen MR) is 82.9 cm³/mol. The van der Waals surface area contributed by atoms with Crippen molar-refractivity contribution in [3.05, 3.63) is 27.9 Å². The van der Waals surface area contributed by atoms with Crippen LogP contribution in [0.4, 0.5) is 4.79 Å². The van der Waals surface area contributed by atoms with Crippen molar-refractivity contribution < 1.29 is 9.53 Å². The van der Waals surface area contributed by atoms with E-state index in [0.29, 0.717) is 6.42 Å². The van der Waals surface area contributed by atoms with E-state index in [9.17, 15) is 4.79 Å². The van der Waals surface area contributed by atoms with Crippen LogP contribution in [0.3, 0.4) is 0 Å². The van der Waals surface area contributed by atoms with Crippen LogP contribution in [0.5, 0.6) is 0 Å². The van der Waals surface area contributed by atoms with Crippen molar-refractivity contribution in [2.24, 2.45) is 5.73 Å². The van der Waals surface area contributed by atoms with Crippen molar-refractivity contribution in [3.8, 4) is 0 Å². The Bertz CT molecular complexity index is 695. The fourth-order valence-corrected chi connectivity index (χ4v) is 3.17. The molecule has 7 heteroatoms. The summed E-state index contributed by atoms with van der Waals surface area (Å²) in [6, 6.07) is 0. The number of rotatable bonds is 2. The van der Waals surface area contributed by atoms with Gasteiger partial charge in [0.15, 0.2) is 0 Å². The first-order valence-corrected chi connectivity index (χ1v) is 7.36. The molecule has 2 heterocycles. The minimum Gasteiger partial charge on any atom is -0.446 e. The van der Waals surface area contributed by atoms with Crippen LogP contribution in [0, 0.1) is 3.57 Å². The third-order valence-corrected chi connectivity index (χ3v) is 4.19. The summed E-state index contributed by atoms with van der Waals surface area (Å²) in [7, 11) is 0. The van der Waals surface area contributed by atoms with Crippen LogP contribution in [0.15, 0.2) is 18.6 Å². The summed E-state index contributed by atoms with van der Waals surface area (Å²) in [6.45, 7) is 0. The number of halogens is 1. The predicted octanol–water partition coefficient (Wildman–Crippen LogP) is 2.59. The van der Waals surface area contributed by atoms with Crippen molar-refractivity contribution in [1.82, 2.24) is 15.0 Å². The molecule has 3 rings (SSSR count). The summed E-state index contributed by atoms with van der Waals surface area (Å²) >= 11 is 2.26. The summed E-state index contributed by atoms with van der Waals surface area (Å²) in [4.78, 5) is 22.6. The van der Waals surface area contributed by atoms with E-state index >= 15 is 0 Å². The number of hydrogen-bond acceptors (Lipinski definition) is 4. The highest BCUT2D eigenvalue weighted by atomic mass is 127. The minimum absolute atomic E-state index is 0.172. The lowest BCUT2D eigenvalue weighted by Gasteiger charge is -2.22. The van der Waals surface area contributed by atoms with Crippen LogP contribution >= 0.6 is 22.6 Å². The molecule has 0 aromatic carbocycles. The van der Waals surface area contributed by atoms with Gasteiger partial charge in [-0.3, -0.25) is 0 Å². The molecule has 0 aliphatic heterocycles. The van der Waals surface area contributed by atoms with Gasteiger partial charge in [0.2, 0.25) is 0 Å². The molecule has 0 radical (unpaired) electrons. The lowest BCUT2D eigenvalue weighted by Crippen LogP contribution is -2.24. The zero-order chi connectivity index (χ0) is 14.1. The molecule has 1 unspecified atom stereocenters.